The van der Waals surface area contributed by atoms with Gasteiger partial charge in [0.1, 0.15) is 0 Å². The fourth-order valence-corrected chi connectivity index (χ4v) is 5.27. The molecule has 1 saturated heterocycles. The summed E-state index contributed by atoms with van der Waals surface area (Å²) in [6.07, 6.45) is 6.92. The van der Waals surface area contributed by atoms with Crippen molar-refractivity contribution in [3.8, 4) is 11.1 Å². The Kier molecular flexibility index (Phi) is 6.16. The molecule has 1 fully saturated rings. The van der Waals surface area contributed by atoms with Gasteiger partial charge in [0, 0.05) is 66.0 Å². The molecule has 3 N–H and O–H groups in total. The number of pyridine rings is 2. The van der Waals surface area contributed by atoms with Gasteiger partial charge in [0.2, 0.25) is 0 Å². The van der Waals surface area contributed by atoms with Gasteiger partial charge < -0.3 is 10.2 Å². The van der Waals surface area contributed by atoms with E-state index in [0.29, 0.717) is 17.6 Å². The minimum Gasteiger partial charge on any atom is -0.367 e. The smallest absolute Gasteiger partial charge is 0.171 e. The van der Waals surface area contributed by atoms with Gasteiger partial charge in [0.05, 0.1) is 23.6 Å². The van der Waals surface area contributed by atoms with E-state index in [2.05, 4.69) is 40.2 Å². The van der Waals surface area contributed by atoms with Crippen LogP contribution < -0.4 is 15.7 Å². The maximum atomic E-state index is 14.6. The molecule has 0 aliphatic carbocycles. The minimum atomic E-state index is -0.691. The maximum absolute atomic E-state index is 14.6. The largest absolute Gasteiger partial charge is 0.367 e. The minimum absolute atomic E-state index is 0.0351. The van der Waals surface area contributed by atoms with Crippen LogP contribution in [-0.2, 0) is 7.05 Å². The van der Waals surface area contributed by atoms with E-state index in [-0.39, 0.29) is 10.7 Å². The van der Waals surface area contributed by atoms with E-state index < -0.39 is 5.82 Å². The fourth-order valence-electron chi connectivity index (χ4n) is 4.48. The highest BCUT2D eigenvalue weighted by atomic mass is 32.2. The number of anilines is 1. The zero-order valence-corrected chi connectivity index (χ0v) is 20.6. The van der Waals surface area contributed by atoms with Gasteiger partial charge in [0.25, 0.3) is 0 Å². The van der Waals surface area contributed by atoms with Gasteiger partial charge in [-0.2, -0.15) is 5.10 Å². The number of aromatic nitrogens is 4. The first-order chi connectivity index (χ1) is 16.8. The van der Waals surface area contributed by atoms with E-state index >= 15 is 0 Å². The predicted molar refractivity (Wildman–Crippen MR) is 137 cm³/mol. The number of hydrogen-bond donors (Lipinski definition) is 3. The molecule has 8 nitrogen and oxygen atoms in total. The summed E-state index contributed by atoms with van der Waals surface area (Å²) < 4.78 is 17.4. The van der Waals surface area contributed by atoms with E-state index in [0.717, 1.165) is 40.1 Å². The van der Waals surface area contributed by atoms with Crippen molar-refractivity contribution in [2.24, 2.45) is 7.05 Å². The first kappa shape index (κ1) is 23.3. The molecule has 5 rings (SSSR count). The zero-order valence-electron chi connectivity index (χ0n) is 19.8. The lowest BCUT2D eigenvalue weighted by Gasteiger charge is -2.37. The summed E-state index contributed by atoms with van der Waals surface area (Å²) in [5.41, 5.74) is 2.87. The average molecular weight is 491 g/mol. The quantitative estimate of drug-likeness (QED) is 0.230. The van der Waals surface area contributed by atoms with Crippen molar-refractivity contribution >= 4 is 33.5 Å². The third-order valence-electron chi connectivity index (χ3n) is 6.05. The second-order valence-electron chi connectivity index (χ2n) is 9.03. The zero-order chi connectivity index (χ0) is 24.7. The Balaban J connectivity index is 1.43. The fraction of sp³-hybridized carbons (Fsp3) is 0.280. The standard InChI is InChI=1S/C25H27FN8S/c1-15-11-33(12-16(2)31-15)20-6-17-7-21(4-5-23(17)29-10-20)35-25(28)34-14-18(8-22(26)24(34)27)19-9-30-32(3)13-19/h4-10,13-16,27-28,31H,11-12H2,1-3H3. The van der Waals surface area contributed by atoms with Crippen LogP contribution >= 0.6 is 11.8 Å². The van der Waals surface area contributed by atoms with Crippen molar-refractivity contribution in [1.29, 1.82) is 10.8 Å². The third-order valence-corrected chi connectivity index (χ3v) is 6.93. The van der Waals surface area contributed by atoms with Gasteiger partial charge in [-0.15, -0.1) is 0 Å². The van der Waals surface area contributed by atoms with Crippen molar-refractivity contribution < 1.29 is 4.39 Å². The van der Waals surface area contributed by atoms with E-state index in [4.69, 9.17) is 10.8 Å². The first-order valence-electron chi connectivity index (χ1n) is 11.4. The summed E-state index contributed by atoms with van der Waals surface area (Å²) in [6, 6.07) is 10.0. The predicted octanol–water partition coefficient (Wildman–Crippen LogP) is 3.82. The Morgan fingerprint density at radius 2 is 1.86 bits per heavy atom. The Hall–Kier alpha value is -3.50. The number of nitrogens with zero attached hydrogens (tertiary/aromatic N) is 5. The van der Waals surface area contributed by atoms with E-state index in [9.17, 15) is 4.39 Å². The summed E-state index contributed by atoms with van der Waals surface area (Å²) in [7, 11) is 1.79. The first-order valence-corrected chi connectivity index (χ1v) is 12.2. The molecular formula is C25H27FN8S. The number of nitrogens with one attached hydrogen (secondary N) is 3. The molecule has 0 saturated carbocycles. The van der Waals surface area contributed by atoms with E-state index in [1.165, 1.54) is 22.4 Å². The van der Waals surface area contributed by atoms with Crippen LogP contribution in [0, 0.1) is 16.6 Å². The molecule has 3 aromatic heterocycles. The van der Waals surface area contributed by atoms with Crippen LogP contribution in [0.25, 0.3) is 22.0 Å². The average Bonchev–Trinajstić information content (AvgIpc) is 3.26. The summed E-state index contributed by atoms with van der Waals surface area (Å²) in [5, 5.41) is 25.5. The molecule has 1 aliphatic heterocycles. The number of thioether (sulfide) groups is 1. The van der Waals surface area contributed by atoms with Crippen LogP contribution in [0.3, 0.4) is 0 Å². The lowest BCUT2D eigenvalue weighted by molar-refractivity contribution is 0.407. The third kappa shape index (κ3) is 4.85. The number of aryl methyl sites for hydroxylation is 1. The highest BCUT2D eigenvalue weighted by Crippen LogP contribution is 2.28. The van der Waals surface area contributed by atoms with Crippen molar-refractivity contribution in [2.45, 2.75) is 30.8 Å². The highest BCUT2D eigenvalue weighted by molar-refractivity contribution is 8.13. The number of fused-ring (bicyclic) bond motifs is 1. The molecule has 0 radical (unpaired) electrons. The molecule has 180 valence electrons. The lowest BCUT2D eigenvalue weighted by atomic mass is 10.1. The number of hydrogen-bond acceptors (Lipinski definition) is 7. The Bertz CT molecular complexity index is 1470. The molecule has 0 bridgehead atoms. The topological polar surface area (TPSA) is 98.6 Å². The second kappa shape index (κ2) is 9.27. The van der Waals surface area contributed by atoms with Crippen molar-refractivity contribution in [1.82, 2.24) is 24.6 Å². The van der Waals surface area contributed by atoms with Crippen molar-refractivity contribution in [2.75, 3.05) is 18.0 Å². The molecular weight excluding hydrogens is 463 g/mol. The number of benzene rings is 1. The molecule has 0 amide bonds. The maximum Gasteiger partial charge on any atom is 0.171 e. The van der Waals surface area contributed by atoms with Crippen LogP contribution in [0.4, 0.5) is 10.1 Å². The molecule has 1 aliphatic rings. The van der Waals surface area contributed by atoms with Crippen LogP contribution in [0.2, 0.25) is 0 Å². The molecule has 2 atom stereocenters. The van der Waals surface area contributed by atoms with Crippen LogP contribution in [0.1, 0.15) is 13.8 Å². The molecule has 4 aromatic rings. The second-order valence-corrected chi connectivity index (χ2v) is 10.1. The number of halogens is 1. The van der Waals surface area contributed by atoms with Gasteiger partial charge in [-0.1, -0.05) is 11.8 Å². The Morgan fingerprint density at radius 3 is 2.57 bits per heavy atom. The van der Waals surface area contributed by atoms with Crippen LogP contribution in [-0.4, -0.2) is 49.7 Å². The molecule has 2 unspecified atom stereocenters. The summed E-state index contributed by atoms with van der Waals surface area (Å²) in [6.45, 7) is 6.19. The SMILES string of the molecule is CC1CN(c2cnc3ccc(SC(=N)n4cc(-c5cnn(C)c5)cc(F)c4=N)cc3c2)CC(C)N1. The molecule has 35 heavy (non-hydrogen) atoms. The van der Waals surface area contributed by atoms with E-state index in [1.807, 2.05) is 24.4 Å². The normalized spacial score (nSPS) is 18.2. The van der Waals surface area contributed by atoms with Gasteiger partial charge in [0.15, 0.2) is 16.5 Å². The van der Waals surface area contributed by atoms with E-state index in [1.54, 1.807) is 30.3 Å². The molecule has 1 aromatic carbocycles. The van der Waals surface area contributed by atoms with Crippen LogP contribution in [0.5, 0.6) is 0 Å². The van der Waals surface area contributed by atoms with Gasteiger partial charge in [-0.05, 0) is 44.2 Å². The summed E-state index contributed by atoms with van der Waals surface area (Å²) >= 11 is 1.17. The monoisotopic (exact) mass is 490 g/mol. The summed E-state index contributed by atoms with van der Waals surface area (Å²) in [5.74, 6) is -0.691. The van der Waals surface area contributed by atoms with Gasteiger partial charge in [-0.25, -0.2) is 4.39 Å². The molecule has 10 heteroatoms. The van der Waals surface area contributed by atoms with Gasteiger partial charge in [-0.3, -0.25) is 25.1 Å². The lowest BCUT2D eigenvalue weighted by Crippen LogP contribution is -2.54. The molecule has 4 heterocycles. The number of rotatable bonds is 3. The Morgan fingerprint density at radius 1 is 1.09 bits per heavy atom. The summed E-state index contributed by atoms with van der Waals surface area (Å²) in [4.78, 5) is 7.80. The number of piperazine rings is 1. The van der Waals surface area contributed by atoms with Gasteiger partial charge >= 0.3 is 0 Å². The highest BCUT2D eigenvalue weighted by Gasteiger charge is 2.21. The Labute approximate surface area is 206 Å². The van der Waals surface area contributed by atoms with Crippen molar-refractivity contribution in [3.05, 3.63) is 66.4 Å². The van der Waals surface area contributed by atoms with Crippen LogP contribution in [0.15, 0.2) is 60.0 Å². The molecule has 0 spiro atoms. The van der Waals surface area contributed by atoms with Crippen molar-refractivity contribution in [3.63, 3.8) is 0 Å².